The zero-order valence-corrected chi connectivity index (χ0v) is 11.1. The van der Waals surface area contributed by atoms with Crippen LogP contribution in [0, 0.1) is 0 Å². The fourth-order valence-corrected chi connectivity index (χ4v) is 6.42. The minimum absolute atomic E-state index is 0.670. The van der Waals surface area contributed by atoms with E-state index in [9.17, 15) is 0 Å². The predicted molar refractivity (Wildman–Crippen MR) is 57.2 cm³/mol. The average molecular weight is 226 g/mol. The van der Waals surface area contributed by atoms with Crippen LogP contribution in [0.25, 0.3) is 0 Å². The third-order valence-electron chi connectivity index (χ3n) is 2.88. The summed E-state index contributed by atoms with van der Waals surface area (Å²) in [6, 6.07) is 0. The van der Waals surface area contributed by atoms with Crippen LogP contribution in [0.2, 0.25) is 15.4 Å². The van der Waals surface area contributed by atoms with Crippen LogP contribution >= 0.6 is 0 Å². The van der Waals surface area contributed by atoms with E-state index in [1.807, 2.05) is 0 Å². The second-order valence-electron chi connectivity index (χ2n) is 4.23. The first-order valence-electron chi connectivity index (χ1n) is 5.55. The van der Waals surface area contributed by atoms with Crippen molar-refractivity contribution < 1.29 is 0 Å². The first-order chi connectivity index (χ1) is 5.83. The molecule has 1 aliphatic heterocycles. The van der Waals surface area contributed by atoms with Crippen molar-refractivity contribution in [2.45, 2.75) is 41.6 Å². The molecule has 0 saturated carbocycles. The van der Waals surface area contributed by atoms with Gasteiger partial charge in [0.2, 0.25) is 0 Å². The molecule has 1 fully saturated rings. The first kappa shape index (κ1) is 10.7. The molecule has 1 rings (SSSR count). The van der Waals surface area contributed by atoms with Crippen LogP contribution in [0.15, 0.2) is 0 Å². The number of nitrogens with zero attached hydrogens (tertiary/aromatic N) is 1. The molecule has 0 radical (unpaired) electrons. The summed E-state index contributed by atoms with van der Waals surface area (Å²) < 4.78 is 0. The summed E-state index contributed by atoms with van der Waals surface area (Å²) in [6.07, 6.45) is 4.33. The molecular formula is C10H22GaN. The summed E-state index contributed by atoms with van der Waals surface area (Å²) in [5.74, 6) is 0. The van der Waals surface area contributed by atoms with Crippen LogP contribution in [-0.4, -0.2) is 40.8 Å². The molecule has 70 valence electrons. The second-order valence-corrected chi connectivity index (χ2v) is 11.3. The fourth-order valence-electron chi connectivity index (χ4n) is 2.12. The predicted octanol–water partition coefficient (Wildman–Crippen LogP) is 2.62. The molecule has 0 spiro atoms. The SMILES string of the molecule is CCCN1CC[CH2][Ga]([CH3])[CH2]CC1. The van der Waals surface area contributed by atoms with Crippen molar-refractivity contribution in [3.05, 3.63) is 0 Å². The second kappa shape index (κ2) is 6.11. The molecule has 0 atom stereocenters. The van der Waals surface area contributed by atoms with Crippen LogP contribution in [0.1, 0.15) is 26.2 Å². The van der Waals surface area contributed by atoms with E-state index in [4.69, 9.17) is 0 Å². The Bertz CT molecular complexity index is 106. The topological polar surface area (TPSA) is 3.24 Å². The Balaban J connectivity index is 2.20. The van der Waals surface area contributed by atoms with Crippen molar-refractivity contribution in [2.75, 3.05) is 19.6 Å². The maximum absolute atomic E-state index is 2.66. The van der Waals surface area contributed by atoms with E-state index in [0.717, 1.165) is 0 Å². The molecule has 0 bridgehead atoms. The van der Waals surface area contributed by atoms with Gasteiger partial charge in [-0.3, -0.25) is 0 Å². The van der Waals surface area contributed by atoms with E-state index in [1.165, 1.54) is 38.9 Å². The maximum atomic E-state index is 2.66. The van der Waals surface area contributed by atoms with E-state index in [-0.39, 0.29) is 0 Å². The summed E-state index contributed by atoms with van der Waals surface area (Å²) in [6.45, 7) is 6.41. The molecule has 0 aromatic rings. The van der Waals surface area contributed by atoms with Crippen molar-refractivity contribution in [3.8, 4) is 0 Å². The zero-order valence-electron chi connectivity index (χ0n) is 8.68. The number of rotatable bonds is 2. The van der Waals surface area contributed by atoms with Crippen LogP contribution in [0.3, 0.4) is 0 Å². The quantitative estimate of drug-likeness (QED) is 0.654. The Kier molecular flexibility index (Phi) is 5.44. The van der Waals surface area contributed by atoms with Crippen molar-refractivity contribution in [3.63, 3.8) is 0 Å². The fraction of sp³-hybridized carbons (Fsp3) is 1.00. The van der Waals surface area contributed by atoms with Crippen molar-refractivity contribution in [1.29, 1.82) is 0 Å². The molecule has 0 aromatic heterocycles. The number of hydrogen-bond acceptors (Lipinski definition) is 1. The summed E-state index contributed by atoms with van der Waals surface area (Å²) >= 11 is -0.670. The van der Waals surface area contributed by atoms with Gasteiger partial charge in [-0.05, 0) is 0 Å². The van der Waals surface area contributed by atoms with Gasteiger partial charge in [0.25, 0.3) is 0 Å². The first-order valence-corrected chi connectivity index (χ1v) is 11.4. The van der Waals surface area contributed by atoms with Gasteiger partial charge < -0.3 is 0 Å². The molecule has 12 heavy (non-hydrogen) atoms. The van der Waals surface area contributed by atoms with E-state index < -0.39 is 16.2 Å². The molecule has 0 amide bonds. The van der Waals surface area contributed by atoms with Crippen LogP contribution in [0.4, 0.5) is 0 Å². The third-order valence-corrected chi connectivity index (χ3v) is 8.73. The van der Waals surface area contributed by atoms with Crippen LogP contribution < -0.4 is 0 Å². The Labute approximate surface area is 82.6 Å². The van der Waals surface area contributed by atoms with E-state index in [2.05, 4.69) is 17.3 Å². The normalized spacial score (nSPS) is 22.0. The molecule has 1 saturated heterocycles. The molecular weight excluding hydrogens is 204 g/mol. The van der Waals surface area contributed by atoms with E-state index in [1.54, 1.807) is 9.95 Å². The Morgan fingerprint density at radius 1 is 1.17 bits per heavy atom. The molecule has 0 N–H and O–H groups in total. The van der Waals surface area contributed by atoms with Crippen molar-refractivity contribution in [1.82, 2.24) is 4.90 Å². The molecule has 0 aromatic carbocycles. The van der Waals surface area contributed by atoms with Gasteiger partial charge in [0, 0.05) is 0 Å². The van der Waals surface area contributed by atoms with Gasteiger partial charge in [-0.25, -0.2) is 0 Å². The van der Waals surface area contributed by atoms with Crippen molar-refractivity contribution >= 4 is 16.2 Å². The Morgan fingerprint density at radius 3 is 2.25 bits per heavy atom. The van der Waals surface area contributed by atoms with Gasteiger partial charge >= 0.3 is 82.4 Å². The standard InChI is InChI=1S/C9H19N.CH3.Ga/c1-4-7-10(8-5-2)9-6-3;;/h1-2,4-9H2,3H3;1H3;. The van der Waals surface area contributed by atoms with Crippen LogP contribution in [-0.2, 0) is 0 Å². The molecule has 1 aliphatic rings. The van der Waals surface area contributed by atoms with E-state index >= 15 is 0 Å². The summed E-state index contributed by atoms with van der Waals surface area (Å²) in [5.41, 5.74) is 2.59. The monoisotopic (exact) mass is 225 g/mol. The minimum atomic E-state index is -0.670. The Morgan fingerprint density at radius 2 is 1.75 bits per heavy atom. The summed E-state index contributed by atoms with van der Waals surface area (Å²) in [5, 5.41) is 0. The van der Waals surface area contributed by atoms with E-state index in [0.29, 0.717) is 0 Å². The molecule has 2 heteroatoms. The summed E-state index contributed by atoms with van der Waals surface area (Å²) in [7, 11) is 0. The number of hydrogen-bond donors (Lipinski definition) is 0. The molecule has 0 aliphatic carbocycles. The van der Waals surface area contributed by atoms with Crippen molar-refractivity contribution in [2.24, 2.45) is 0 Å². The van der Waals surface area contributed by atoms with Gasteiger partial charge in [-0.1, -0.05) is 0 Å². The van der Waals surface area contributed by atoms with Gasteiger partial charge in [0.15, 0.2) is 0 Å². The van der Waals surface area contributed by atoms with Gasteiger partial charge in [-0.2, -0.15) is 0 Å². The van der Waals surface area contributed by atoms with Crippen LogP contribution in [0.5, 0.6) is 0 Å². The van der Waals surface area contributed by atoms with Gasteiger partial charge in [0.1, 0.15) is 0 Å². The Hall–Kier alpha value is 0.596. The van der Waals surface area contributed by atoms with Gasteiger partial charge in [-0.15, -0.1) is 0 Å². The zero-order chi connectivity index (χ0) is 8.81. The average Bonchev–Trinajstić information content (AvgIpc) is 2.00. The molecule has 0 unspecified atom stereocenters. The molecule has 1 nitrogen and oxygen atoms in total. The van der Waals surface area contributed by atoms with Gasteiger partial charge in [0.05, 0.1) is 0 Å². The summed E-state index contributed by atoms with van der Waals surface area (Å²) in [4.78, 5) is 5.93. The molecule has 1 heterocycles. The third kappa shape index (κ3) is 4.01.